The molecule has 1 unspecified atom stereocenters. The first kappa shape index (κ1) is 13.4. The standard InChI is InChI=1S/C12H23N3O/c13-8-12(9-14)6-2-1-4-11(12)5-3-7-15-10-16/h11H,1-9,13-14H2. The van der Waals surface area contributed by atoms with Crippen molar-refractivity contribution >= 4 is 6.08 Å². The molecule has 0 bridgehead atoms. The lowest BCUT2D eigenvalue weighted by Crippen LogP contribution is -2.46. The second kappa shape index (κ2) is 6.79. The van der Waals surface area contributed by atoms with Crippen LogP contribution >= 0.6 is 0 Å². The molecule has 1 aliphatic carbocycles. The van der Waals surface area contributed by atoms with Crippen molar-refractivity contribution in [3.63, 3.8) is 0 Å². The summed E-state index contributed by atoms with van der Waals surface area (Å²) < 4.78 is 0. The summed E-state index contributed by atoms with van der Waals surface area (Å²) in [6.45, 7) is 1.96. The van der Waals surface area contributed by atoms with Gasteiger partial charge in [-0.05, 0) is 50.1 Å². The fraction of sp³-hybridized carbons (Fsp3) is 0.917. The molecule has 1 aliphatic rings. The number of nitrogens with two attached hydrogens (primary N) is 2. The van der Waals surface area contributed by atoms with Gasteiger partial charge in [0, 0.05) is 0 Å². The minimum absolute atomic E-state index is 0.142. The fourth-order valence-electron chi connectivity index (χ4n) is 2.91. The van der Waals surface area contributed by atoms with Crippen molar-refractivity contribution in [1.82, 2.24) is 0 Å². The number of hydrogen-bond donors (Lipinski definition) is 2. The van der Waals surface area contributed by atoms with E-state index in [4.69, 9.17) is 11.5 Å². The van der Waals surface area contributed by atoms with Gasteiger partial charge in [0.1, 0.15) is 0 Å². The van der Waals surface area contributed by atoms with Crippen LogP contribution in [0.5, 0.6) is 0 Å². The molecule has 1 rings (SSSR count). The molecule has 4 heteroatoms. The van der Waals surface area contributed by atoms with E-state index < -0.39 is 0 Å². The average Bonchev–Trinajstić information content (AvgIpc) is 2.35. The zero-order valence-electron chi connectivity index (χ0n) is 9.95. The minimum Gasteiger partial charge on any atom is -0.330 e. The molecule has 0 aromatic heterocycles. The molecule has 4 N–H and O–H groups in total. The first-order chi connectivity index (χ1) is 7.79. The highest BCUT2D eigenvalue weighted by Crippen LogP contribution is 2.42. The zero-order chi connectivity index (χ0) is 11.9. The van der Waals surface area contributed by atoms with Gasteiger partial charge in [-0.1, -0.05) is 12.8 Å². The van der Waals surface area contributed by atoms with Crippen molar-refractivity contribution in [3.05, 3.63) is 0 Å². The highest BCUT2D eigenvalue weighted by molar-refractivity contribution is 5.32. The Hall–Kier alpha value is -0.700. The van der Waals surface area contributed by atoms with Crippen molar-refractivity contribution in [1.29, 1.82) is 0 Å². The van der Waals surface area contributed by atoms with E-state index in [2.05, 4.69) is 4.99 Å². The maximum absolute atomic E-state index is 9.96. The van der Waals surface area contributed by atoms with E-state index in [1.165, 1.54) is 19.3 Å². The van der Waals surface area contributed by atoms with Gasteiger partial charge in [0.25, 0.3) is 0 Å². The van der Waals surface area contributed by atoms with E-state index in [-0.39, 0.29) is 5.41 Å². The number of nitrogens with zero attached hydrogens (tertiary/aromatic N) is 1. The van der Waals surface area contributed by atoms with Gasteiger partial charge in [0.05, 0.1) is 6.54 Å². The van der Waals surface area contributed by atoms with Gasteiger partial charge in [-0.3, -0.25) is 0 Å². The predicted octanol–water partition coefficient (Wildman–Crippen LogP) is 1.20. The summed E-state index contributed by atoms with van der Waals surface area (Å²) in [6.07, 6.45) is 8.51. The van der Waals surface area contributed by atoms with Gasteiger partial charge < -0.3 is 11.5 Å². The van der Waals surface area contributed by atoms with Crippen LogP contribution in [-0.2, 0) is 4.79 Å². The summed E-state index contributed by atoms with van der Waals surface area (Å²) in [6, 6.07) is 0. The summed E-state index contributed by atoms with van der Waals surface area (Å²) in [7, 11) is 0. The Morgan fingerprint density at radius 3 is 2.69 bits per heavy atom. The topological polar surface area (TPSA) is 81.5 Å². The Morgan fingerprint density at radius 1 is 1.31 bits per heavy atom. The molecule has 1 fully saturated rings. The van der Waals surface area contributed by atoms with Crippen molar-refractivity contribution < 1.29 is 4.79 Å². The van der Waals surface area contributed by atoms with Gasteiger partial charge in [-0.2, -0.15) is 0 Å². The smallest absolute Gasteiger partial charge is 0.234 e. The van der Waals surface area contributed by atoms with Gasteiger partial charge >= 0.3 is 0 Å². The Bertz CT molecular complexity index is 245. The third-order valence-electron chi connectivity index (χ3n) is 4.04. The van der Waals surface area contributed by atoms with Gasteiger partial charge in [0.2, 0.25) is 6.08 Å². The van der Waals surface area contributed by atoms with Crippen molar-refractivity contribution in [3.8, 4) is 0 Å². The SMILES string of the molecule is NCC1(CN)CCCCC1CCCN=C=O. The lowest BCUT2D eigenvalue weighted by atomic mass is 9.64. The van der Waals surface area contributed by atoms with Crippen LogP contribution in [0.2, 0.25) is 0 Å². The maximum Gasteiger partial charge on any atom is 0.234 e. The molecule has 0 amide bonds. The number of carbonyl (C=O) groups excluding carboxylic acids is 1. The molecule has 1 saturated carbocycles. The zero-order valence-corrected chi connectivity index (χ0v) is 9.95. The number of hydrogen-bond acceptors (Lipinski definition) is 4. The monoisotopic (exact) mass is 225 g/mol. The highest BCUT2D eigenvalue weighted by Gasteiger charge is 2.37. The second-order valence-corrected chi connectivity index (χ2v) is 4.83. The lowest BCUT2D eigenvalue weighted by molar-refractivity contribution is 0.103. The lowest BCUT2D eigenvalue weighted by Gasteiger charge is -2.43. The Labute approximate surface area is 97.5 Å². The van der Waals surface area contributed by atoms with Crippen LogP contribution < -0.4 is 11.5 Å². The fourth-order valence-corrected chi connectivity index (χ4v) is 2.91. The molecule has 0 aromatic carbocycles. The molecule has 4 nitrogen and oxygen atoms in total. The summed E-state index contributed by atoms with van der Waals surface area (Å²) in [5.41, 5.74) is 11.9. The van der Waals surface area contributed by atoms with Crippen molar-refractivity contribution in [2.75, 3.05) is 19.6 Å². The van der Waals surface area contributed by atoms with Gasteiger partial charge in [-0.15, -0.1) is 0 Å². The minimum atomic E-state index is 0.142. The second-order valence-electron chi connectivity index (χ2n) is 4.83. The van der Waals surface area contributed by atoms with Crippen LogP contribution in [0, 0.1) is 11.3 Å². The van der Waals surface area contributed by atoms with E-state index >= 15 is 0 Å². The number of isocyanates is 1. The van der Waals surface area contributed by atoms with Gasteiger partial charge in [-0.25, -0.2) is 9.79 Å². The van der Waals surface area contributed by atoms with Crippen LogP contribution in [-0.4, -0.2) is 25.7 Å². The molecular weight excluding hydrogens is 202 g/mol. The Kier molecular flexibility index (Phi) is 5.67. The third-order valence-corrected chi connectivity index (χ3v) is 4.04. The number of rotatable bonds is 6. The quantitative estimate of drug-likeness (QED) is 0.405. The molecule has 0 heterocycles. The molecular formula is C12H23N3O. The highest BCUT2D eigenvalue weighted by atomic mass is 16.1. The predicted molar refractivity (Wildman–Crippen MR) is 64.7 cm³/mol. The first-order valence-corrected chi connectivity index (χ1v) is 6.23. The largest absolute Gasteiger partial charge is 0.330 e. The summed E-state index contributed by atoms with van der Waals surface area (Å²) in [4.78, 5) is 13.6. The Morgan fingerprint density at radius 2 is 2.06 bits per heavy atom. The molecule has 16 heavy (non-hydrogen) atoms. The van der Waals surface area contributed by atoms with E-state index in [0.717, 1.165) is 19.3 Å². The first-order valence-electron chi connectivity index (χ1n) is 6.23. The normalized spacial score (nSPS) is 23.8. The molecule has 0 aromatic rings. The maximum atomic E-state index is 9.96. The molecule has 0 spiro atoms. The molecule has 0 saturated heterocycles. The molecule has 0 aliphatic heterocycles. The van der Waals surface area contributed by atoms with Crippen LogP contribution in [0.1, 0.15) is 38.5 Å². The van der Waals surface area contributed by atoms with E-state index in [9.17, 15) is 4.79 Å². The molecule has 0 radical (unpaired) electrons. The van der Waals surface area contributed by atoms with Gasteiger partial charge in [0.15, 0.2) is 0 Å². The van der Waals surface area contributed by atoms with Crippen molar-refractivity contribution in [2.45, 2.75) is 38.5 Å². The van der Waals surface area contributed by atoms with Crippen LogP contribution in [0.15, 0.2) is 4.99 Å². The van der Waals surface area contributed by atoms with Crippen LogP contribution in [0.25, 0.3) is 0 Å². The summed E-state index contributed by atoms with van der Waals surface area (Å²) in [5.74, 6) is 0.609. The summed E-state index contributed by atoms with van der Waals surface area (Å²) >= 11 is 0. The Balaban J connectivity index is 2.49. The third kappa shape index (κ3) is 3.14. The van der Waals surface area contributed by atoms with Crippen LogP contribution in [0.3, 0.4) is 0 Å². The summed E-state index contributed by atoms with van der Waals surface area (Å²) in [5, 5.41) is 0. The van der Waals surface area contributed by atoms with E-state index in [1.807, 2.05) is 0 Å². The molecule has 92 valence electrons. The van der Waals surface area contributed by atoms with Crippen LogP contribution in [0.4, 0.5) is 0 Å². The average molecular weight is 225 g/mol. The van der Waals surface area contributed by atoms with E-state index in [1.54, 1.807) is 6.08 Å². The van der Waals surface area contributed by atoms with Crippen molar-refractivity contribution in [2.24, 2.45) is 27.8 Å². The molecule has 1 atom stereocenters. The van der Waals surface area contributed by atoms with E-state index in [0.29, 0.717) is 25.6 Å². The number of aliphatic imine (C=N–C) groups is 1.